The standard InChI is InChI=1S/C17H24N2O/c1-2-18-12-15-3-4-17-16(11-15)5-8-19(17)13-14-6-9-20-10-7-14/h3-5,8,11,14,18H,2,6-7,9-10,12-13H2,1H3. The highest BCUT2D eigenvalue weighted by atomic mass is 16.5. The van der Waals surface area contributed by atoms with Crippen LogP contribution in [-0.4, -0.2) is 24.3 Å². The van der Waals surface area contributed by atoms with Crippen LogP contribution in [0.4, 0.5) is 0 Å². The summed E-state index contributed by atoms with van der Waals surface area (Å²) in [5.41, 5.74) is 2.72. The topological polar surface area (TPSA) is 26.2 Å². The molecule has 1 fully saturated rings. The van der Waals surface area contributed by atoms with Gasteiger partial charge in [-0.15, -0.1) is 0 Å². The molecule has 0 amide bonds. The normalized spacial score (nSPS) is 16.9. The Labute approximate surface area is 120 Å². The SMILES string of the molecule is CCNCc1ccc2c(ccn2CC2CCOCC2)c1. The minimum absolute atomic E-state index is 0.765. The molecule has 1 aliphatic rings. The van der Waals surface area contributed by atoms with E-state index in [2.05, 4.69) is 47.3 Å². The summed E-state index contributed by atoms with van der Waals surface area (Å²) in [5, 5.41) is 4.74. The van der Waals surface area contributed by atoms with Crippen LogP contribution < -0.4 is 5.32 Å². The number of hydrogen-bond acceptors (Lipinski definition) is 2. The number of nitrogens with zero attached hydrogens (tertiary/aromatic N) is 1. The van der Waals surface area contributed by atoms with Crippen LogP contribution in [0.5, 0.6) is 0 Å². The van der Waals surface area contributed by atoms with Crippen molar-refractivity contribution in [3.05, 3.63) is 36.0 Å². The number of hydrogen-bond donors (Lipinski definition) is 1. The Morgan fingerprint density at radius 3 is 2.90 bits per heavy atom. The van der Waals surface area contributed by atoms with Crippen molar-refractivity contribution in [3.8, 4) is 0 Å². The third-order valence-corrected chi connectivity index (χ3v) is 4.21. The van der Waals surface area contributed by atoms with Crippen LogP contribution in [0, 0.1) is 5.92 Å². The molecule has 1 aliphatic heterocycles. The lowest BCUT2D eigenvalue weighted by molar-refractivity contribution is 0.0616. The molecule has 108 valence electrons. The van der Waals surface area contributed by atoms with E-state index in [1.165, 1.54) is 29.3 Å². The van der Waals surface area contributed by atoms with Crippen LogP contribution >= 0.6 is 0 Å². The van der Waals surface area contributed by atoms with Crippen molar-refractivity contribution in [2.75, 3.05) is 19.8 Å². The highest BCUT2D eigenvalue weighted by Gasteiger charge is 2.15. The second-order valence-electron chi connectivity index (χ2n) is 5.70. The van der Waals surface area contributed by atoms with Gasteiger partial charge >= 0.3 is 0 Å². The second-order valence-corrected chi connectivity index (χ2v) is 5.70. The van der Waals surface area contributed by atoms with Crippen molar-refractivity contribution >= 4 is 10.9 Å². The molecule has 0 bridgehead atoms. The molecule has 1 saturated heterocycles. The highest BCUT2D eigenvalue weighted by Crippen LogP contribution is 2.22. The molecule has 0 aliphatic carbocycles. The van der Waals surface area contributed by atoms with Crippen molar-refractivity contribution in [1.29, 1.82) is 0 Å². The fourth-order valence-corrected chi connectivity index (χ4v) is 3.00. The third kappa shape index (κ3) is 3.05. The number of aromatic nitrogens is 1. The molecular formula is C17H24N2O. The highest BCUT2D eigenvalue weighted by molar-refractivity contribution is 5.80. The van der Waals surface area contributed by atoms with Crippen molar-refractivity contribution in [2.45, 2.75) is 32.9 Å². The van der Waals surface area contributed by atoms with E-state index in [1.807, 2.05) is 0 Å². The van der Waals surface area contributed by atoms with Crippen LogP contribution in [0.25, 0.3) is 10.9 Å². The van der Waals surface area contributed by atoms with E-state index in [9.17, 15) is 0 Å². The van der Waals surface area contributed by atoms with Gasteiger partial charge in [0, 0.05) is 38.0 Å². The largest absolute Gasteiger partial charge is 0.381 e. The van der Waals surface area contributed by atoms with Crippen LogP contribution in [-0.2, 0) is 17.8 Å². The first kappa shape index (κ1) is 13.7. The van der Waals surface area contributed by atoms with Gasteiger partial charge in [-0.05, 0) is 54.5 Å². The Morgan fingerprint density at radius 2 is 2.10 bits per heavy atom. The maximum Gasteiger partial charge on any atom is 0.0480 e. The van der Waals surface area contributed by atoms with E-state index in [0.29, 0.717) is 0 Å². The van der Waals surface area contributed by atoms with Crippen molar-refractivity contribution in [2.24, 2.45) is 5.92 Å². The molecule has 0 saturated carbocycles. The van der Waals surface area contributed by atoms with Crippen LogP contribution in [0.1, 0.15) is 25.3 Å². The Bertz CT molecular complexity index is 555. The van der Waals surface area contributed by atoms with Gasteiger partial charge in [0.05, 0.1) is 0 Å². The van der Waals surface area contributed by atoms with E-state index in [1.54, 1.807) is 0 Å². The van der Waals surface area contributed by atoms with Crippen LogP contribution in [0.3, 0.4) is 0 Å². The zero-order chi connectivity index (χ0) is 13.8. The van der Waals surface area contributed by atoms with E-state index >= 15 is 0 Å². The summed E-state index contributed by atoms with van der Waals surface area (Å²) < 4.78 is 7.85. The lowest BCUT2D eigenvalue weighted by atomic mass is 10.0. The summed E-state index contributed by atoms with van der Waals surface area (Å²) in [5.74, 6) is 0.765. The van der Waals surface area contributed by atoms with Crippen LogP contribution in [0.15, 0.2) is 30.5 Å². The molecule has 1 aromatic carbocycles. The third-order valence-electron chi connectivity index (χ3n) is 4.21. The maximum atomic E-state index is 5.44. The fourth-order valence-electron chi connectivity index (χ4n) is 3.00. The summed E-state index contributed by atoms with van der Waals surface area (Å²) >= 11 is 0. The molecule has 20 heavy (non-hydrogen) atoms. The Hall–Kier alpha value is -1.32. The van der Waals surface area contributed by atoms with Gasteiger partial charge < -0.3 is 14.6 Å². The van der Waals surface area contributed by atoms with Gasteiger partial charge in [-0.2, -0.15) is 0 Å². The minimum Gasteiger partial charge on any atom is -0.381 e. The van der Waals surface area contributed by atoms with Crippen molar-refractivity contribution < 1.29 is 4.74 Å². The lowest BCUT2D eigenvalue weighted by Crippen LogP contribution is -2.20. The monoisotopic (exact) mass is 272 g/mol. The molecule has 1 N–H and O–H groups in total. The average molecular weight is 272 g/mol. The fraction of sp³-hybridized carbons (Fsp3) is 0.529. The average Bonchev–Trinajstić information content (AvgIpc) is 2.89. The molecule has 2 heterocycles. The summed E-state index contributed by atoms with van der Waals surface area (Å²) in [6.45, 7) is 7.09. The Kier molecular flexibility index (Phi) is 4.38. The van der Waals surface area contributed by atoms with Gasteiger partial charge in [-0.1, -0.05) is 13.0 Å². The van der Waals surface area contributed by atoms with E-state index in [4.69, 9.17) is 4.74 Å². The smallest absolute Gasteiger partial charge is 0.0480 e. The number of rotatable bonds is 5. The summed E-state index contributed by atoms with van der Waals surface area (Å²) in [6, 6.07) is 9.05. The number of fused-ring (bicyclic) bond motifs is 1. The predicted octanol–water partition coefficient (Wildman–Crippen LogP) is 3.18. The first-order chi connectivity index (χ1) is 9.86. The number of ether oxygens (including phenoxy) is 1. The minimum atomic E-state index is 0.765. The second kappa shape index (κ2) is 6.42. The van der Waals surface area contributed by atoms with Gasteiger partial charge in [0.1, 0.15) is 0 Å². The lowest BCUT2D eigenvalue weighted by Gasteiger charge is -2.22. The molecule has 0 atom stereocenters. The van der Waals surface area contributed by atoms with Gasteiger partial charge in [-0.3, -0.25) is 0 Å². The molecule has 1 aromatic heterocycles. The van der Waals surface area contributed by atoms with Gasteiger partial charge in [0.25, 0.3) is 0 Å². The molecule has 0 unspecified atom stereocenters. The van der Waals surface area contributed by atoms with Gasteiger partial charge in [-0.25, -0.2) is 0 Å². The molecule has 3 heteroatoms. The zero-order valence-electron chi connectivity index (χ0n) is 12.3. The van der Waals surface area contributed by atoms with E-state index in [0.717, 1.165) is 38.8 Å². The molecule has 3 nitrogen and oxygen atoms in total. The zero-order valence-corrected chi connectivity index (χ0v) is 12.3. The van der Waals surface area contributed by atoms with Crippen molar-refractivity contribution in [1.82, 2.24) is 9.88 Å². The van der Waals surface area contributed by atoms with Crippen molar-refractivity contribution in [3.63, 3.8) is 0 Å². The molecule has 3 rings (SSSR count). The Balaban J connectivity index is 1.75. The Morgan fingerprint density at radius 1 is 1.25 bits per heavy atom. The maximum absolute atomic E-state index is 5.44. The predicted molar refractivity (Wildman–Crippen MR) is 82.9 cm³/mol. The van der Waals surface area contributed by atoms with Crippen LogP contribution in [0.2, 0.25) is 0 Å². The molecule has 2 aromatic rings. The summed E-state index contributed by atoms with van der Waals surface area (Å²) in [6.07, 6.45) is 4.62. The van der Waals surface area contributed by atoms with Gasteiger partial charge in [0.15, 0.2) is 0 Å². The van der Waals surface area contributed by atoms with E-state index in [-0.39, 0.29) is 0 Å². The molecule has 0 radical (unpaired) electrons. The number of benzene rings is 1. The summed E-state index contributed by atoms with van der Waals surface area (Å²) in [4.78, 5) is 0. The van der Waals surface area contributed by atoms with E-state index < -0.39 is 0 Å². The quantitative estimate of drug-likeness (QED) is 0.904. The first-order valence-electron chi connectivity index (χ1n) is 7.73. The summed E-state index contributed by atoms with van der Waals surface area (Å²) in [7, 11) is 0. The first-order valence-corrected chi connectivity index (χ1v) is 7.73. The number of nitrogens with one attached hydrogen (secondary N) is 1. The molecule has 0 spiro atoms. The molecular weight excluding hydrogens is 248 g/mol. The van der Waals surface area contributed by atoms with Gasteiger partial charge in [0.2, 0.25) is 0 Å².